The molecule has 1 N–H and O–H groups in total. The van der Waals surface area contributed by atoms with Gasteiger partial charge in [-0.05, 0) is 25.0 Å². The molecule has 2 aromatic rings. The van der Waals surface area contributed by atoms with Crippen molar-refractivity contribution < 1.29 is 8.42 Å². The minimum Gasteiger partial charge on any atom is -0.357 e. The van der Waals surface area contributed by atoms with Crippen molar-refractivity contribution in [2.75, 3.05) is 12.3 Å². The highest BCUT2D eigenvalue weighted by atomic mass is 32.2. The normalized spacial score (nSPS) is 16.9. The summed E-state index contributed by atoms with van der Waals surface area (Å²) in [5.74, 6) is 0.169. The second-order valence-corrected chi connectivity index (χ2v) is 6.87. The molecule has 18 heavy (non-hydrogen) atoms. The predicted octanol–water partition coefficient (Wildman–Crippen LogP) is 1.88. The molecule has 96 valence electrons. The first-order valence-corrected chi connectivity index (χ1v) is 7.79. The number of aromatic nitrogens is 1. The molecule has 0 aliphatic carbocycles. The second kappa shape index (κ2) is 4.10. The van der Waals surface area contributed by atoms with Gasteiger partial charge in [-0.15, -0.1) is 0 Å². The first-order valence-electron chi connectivity index (χ1n) is 6.18. The van der Waals surface area contributed by atoms with E-state index in [9.17, 15) is 8.42 Å². The third kappa shape index (κ3) is 1.74. The maximum absolute atomic E-state index is 11.9. The quantitative estimate of drug-likeness (QED) is 0.900. The van der Waals surface area contributed by atoms with Gasteiger partial charge < -0.3 is 4.98 Å². The fraction of sp³-hybridized carbons (Fsp3) is 0.385. The Kier molecular flexibility index (Phi) is 2.68. The summed E-state index contributed by atoms with van der Waals surface area (Å²) in [7, 11) is -3.09. The van der Waals surface area contributed by atoms with Gasteiger partial charge in [-0.3, -0.25) is 0 Å². The highest BCUT2D eigenvalue weighted by Gasteiger charge is 2.27. The van der Waals surface area contributed by atoms with Gasteiger partial charge in [0.15, 0.2) is 0 Å². The van der Waals surface area contributed by atoms with Gasteiger partial charge >= 0.3 is 0 Å². The number of hydrogen-bond acceptors (Lipinski definition) is 2. The van der Waals surface area contributed by atoms with E-state index in [0.29, 0.717) is 13.1 Å². The van der Waals surface area contributed by atoms with Gasteiger partial charge in [0.2, 0.25) is 10.0 Å². The molecule has 0 spiro atoms. The van der Waals surface area contributed by atoms with Gasteiger partial charge in [0.25, 0.3) is 0 Å². The third-order valence-electron chi connectivity index (χ3n) is 3.61. The monoisotopic (exact) mass is 264 g/mol. The number of fused-ring (bicyclic) bond motifs is 3. The van der Waals surface area contributed by atoms with Crippen molar-refractivity contribution in [2.24, 2.45) is 0 Å². The Morgan fingerprint density at radius 3 is 2.89 bits per heavy atom. The number of sulfonamides is 1. The van der Waals surface area contributed by atoms with E-state index < -0.39 is 10.0 Å². The largest absolute Gasteiger partial charge is 0.357 e. The molecular weight excluding hydrogens is 248 g/mol. The van der Waals surface area contributed by atoms with E-state index in [1.807, 2.05) is 18.2 Å². The molecule has 0 unspecified atom stereocenters. The van der Waals surface area contributed by atoms with Gasteiger partial charge in [-0.1, -0.05) is 18.2 Å². The van der Waals surface area contributed by atoms with Crippen LogP contribution in [-0.2, 0) is 23.0 Å². The number of hydrogen-bond donors (Lipinski definition) is 1. The maximum atomic E-state index is 11.9. The van der Waals surface area contributed by atoms with E-state index in [4.69, 9.17) is 0 Å². The molecule has 2 heterocycles. The summed E-state index contributed by atoms with van der Waals surface area (Å²) in [5, 5.41) is 1.22. The summed E-state index contributed by atoms with van der Waals surface area (Å²) in [6.07, 6.45) is 0.790. The topological polar surface area (TPSA) is 53.2 Å². The van der Waals surface area contributed by atoms with E-state index >= 15 is 0 Å². The van der Waals surface area contributed by atoms with Gasteiger partial charge in [0.1, 0.15) is 0 Å². The number of H-pyrrole nitrogens is 1. The van der Waals surface area contributed by atoms with Crippen LogP contribution >= 0.6 is 0 Å². The first-order chi connectivity index (χ1) is 8.62. The molecule has 3 rings (SSSR count). The van der Waals surface area contributed by atoms with Crippen molar-refractivity contribution in [2.45, 2.75) is 19.9 Å². The van der Waals surface area contributed by atoms with Crippen molar-refractivity contribution in [1.82, 2.24) is 9.29 Å². The van der Waals surface area contributed by atoms with E-state index in [2.05, 4.69) is 11.1 Å². The van der Waals surface area contributed by atoms with E-state index in [1.165, 1.54) is 10.9 Å². The molecular formula is C13H16N2O2S. The van der Waals surface area contributed by atoms with Crippen LogP contribution in [0, 0.1) is 0 Å². The smallest absolute Gasteiger partial charge is 0.214 e. The Hall–Kier alpha value is -1.33. The van der Waals surface area contributed by atoms with Crippen LogP contribution in [0.3, 0.4) is 0 Å². The molecule has 1 aliphatic rings. The lowest BCUT2D eigenvalue weighted by Crippen LogP contribution is -2.36. The standard InChI is InChI=1S/C13H16N2O2S/c1-2-18(16,17)15-8-7-11-10-5-3-4-6-12(10)14-13(11)9-15/h3-6,14H,2,7-9H2,1H3. The summed E-state index contributed by atoms with van der Waals surface area (Å²) in [6, 6.07) is 8.14. The molecule has 1 aromatic heterocycles. The van der Waals surface area contributed by atoms with Crippen LogP contribution in [0.15, 0.2) is 24.3 Å². The molecule has 0 amide bonds. The van der Waals surface area contributed by atoms with Crippen LogP contribution in [0.2, 0.25) is 0 Å². The number of benzene rings is 1. The molecule has 0 saturated heterocycles. The second-order valence-electron chi connectivity index (χ2n) is 4.61. The molecule has 4 nitrogen and oxygen atoms in total. The predicted molar refractivity (Wildman–Crippen MR) is 71.9 cm³/mol. The molecule has 0 saturated carbocycles. The summed E-state index contributed by atoms with van der Waals surface area (Å²) in [6.45, 7) is 2.75. The minimum atomic E-state index is -3.09. The minimum absolute atomic E-state index is 0.169. The average Bonchev–Trinajstić information content (AvgIpc) is 2.76. The highest BCUT2D eigenvalue weighted by Crippen LogP contribution is 2.28. The lowest BCUT2D eigenvalue weighted by atomic mass is 10.1. The van der Waals surface area contributed by atoms with Crippen molar-refractivity contribution in [1.29, 1.82) is 0 Å². The Morgan fingerprint density at radius 1 is 1.33 bits per heavy atom. The number of nitrogens with zero attached hydrogens (tertiary/aromatic N) is 1. The number of nitrogens with one attached hydrogen (secondary N) is 1. The Morgan fingerprint density at radius 2 is 2.11 bits per heavy atom. The molecule has 0 bridgehead atoms. The number of aromatic amines is 1. The summed E-state index contributed by atoms with van der Waals surface area (Å²) >= 11 is 0. The van der Waals surface area contributed by atoms with Gasteiger partial charge in [0, 0.05) is 23.1 Å². The van der Waals surface area contributed by atoms with Crippen molar-refractivity contribution in [3.8, 4) is 0 Å². The zero-order chi connectivity index (χ0) is 12.8. The van der Waals surface area contributed by atoms with Crippen LogP contribution in [0.1, 0.15) is 18.2 Å². The Labute approximate surface area is 107 Å². The van der Waals surface area contributed by atoms with E-state index in [-0.39, 0.29) is 5.75 Å². The fourth-order valence-corrected chi connectivity index (χ4v) is 3.65. The number of rotatable bonds is 2. The molecule has 0 radical (unpaired) electrons. The van der Waals surface area contributed by atoms with E-state index in [1.54, 1.807) is 11.2 Å². The zero-order valence-electron chi connectivity index (χ0n) is 10.3. The van der Waals surface area contributed by atoms with Crippen LogP contribution in [0.25, 0.3) is 10.9 Å². The Balaban J connectivity index is 2.04. The van der Waals surface area contributed by atoms with Crippen LogP contribution in [-0.4, -0.2) is 30.0 Å². The highest BCUT2D eigenvalue weighted by molar-refractivity contribution is 7.89. The summed E-state index contributed by atoms with van der Waals surface area (Å²) in [4.78, 5) is 3.34. The van der Waals surface area contributed by atoms with Crippen LogP contribution in [0.5, 0.6) is 0 Å². The average molecular weight is 264 g/mol. The van der Waals surface area contributed by atoms with Gasteiger partial charge in [-0.25, -0.2) is 8.42 Å². The maximum Gasteiger partial charge on any atom is 0.214 e. The van der Waals surface area contributed by atoms with Crippen molar-refractivity contribution >= 4 is 20.9 Å². The molecule has 5 heteroatoms. The summed E-state index contributed by atoms with van der Waals surface area (Å²) < 4.78 is 25.4. The molecule has 0 atom stereocenters. The first kappa shape index (κ1) is 11.7. The SMILES string of the molecule is CCS(=O)(=O)N1CCc2c([nH]c3ccccc23)C1. The van der Waals surface area contributed by atoms with Gasteiger partial charge in [0.05, 0.1) is 12.3 Å². The molecule has 1 aromatic carbocycles. The van der Waals surface area contributed by atoms with Crippen LogP contribution in [0.4, 0.5) is 0 Å². The van der Waals surface area contributed by atoms with Crippen LogP contribution < -0.4 is 0 Å². The Bertz CT molecular complexity index is 688. The van der Waals surface area contributed by atoms with Crippen molar-refractivity contribution in [3.63, 3.8) is 0 Å². The lowest BCUT2D eigenvalue weighted by molar-refractivity contribution is 0.389. The molecule has 0 fully saturated rings. The van der Waals surface area contributed by atoms with E-state index in [0.717, 1.165) is 17.6 Å². The molecule has 1 aliphatic heterocycles. The lowest BCUT2D eigenvalue weighted by Gasteiger charge is -2.25. The van der Waals surface area contributed by atoms with Crippen molar-refractivity contribution in [3.05, 3.63) is 35.5 Å². The van der Waals surface area contributed by atoms with Gasteiger partial charge in [-0.2, -0.15) is 4.31 Å². The summed E-state index contributed by atoms with van der Waals surface area (Å²) in [5.41, 5.74) is 3.41. The third-order valence-corrected chi connectivity index (χ3v) is 5.43. The fourth-order valence-electron chi connectivity index (χ4n) is 2.59. The zero-order valence-corrected chi connectivity index (χ0v) is 11.1. The number of para-hydroxylation sites is 1.